The average molecular weight is 437 g/mol. The van der Waals surface area contributed by atoms with Gasteiger partial charge in [-0.25, -0.2) is 8.42 Å². The van der Waals surface area contributed by atoms with Crippen LogP contribution in [0, 0.1) is 0 Å². The van der Waals surface area contributed by atoms with E-state index in [1.54, 1.807) is 0 Å². The number of rotatable bonds is 7. The van der Waals surface area contributed by atoms with E-state index in [0.29, 0.717) is 11.4 Å². The normalized spacial score (nSPS) is 17.6. The molecule has 1 saturated heterocycles. The van der Waals surface area contributed by atoms with Crippen LogP contribution in [0.3, 0.4) is 0 Å². The monoisotopic (exact) mass is 436 g/mol. The molecule has 1 atom stereocenters. The number of primary amides is 1. The molecular formula is C20H21ClN2O5S. The Bertz CT molecular complexity index is 1010. The molecule has 2 N–H and O–H groups in total. The van der Waals surface area contributed by atoms with Gasteiger partial charge in [0, 0.05) is 17.6 Å². The predicted octanol–water partition coefficient (Wildman–Crippen LogP) is 2.03. The molecule has 1 heterocycles. The van der Waals surface area contributed by atoms with Gasteiger partial charge in [0.2, 0.25) is 0 Å². The molecule has 1 fully saturated rings. The van der Waals surface area contributed by atoms with Crippen LogP contribution in [-0.4, -0.2) is 49.3 Å². The van der Waals surface area contributed by atoms with E-state index in [1.807, 2.05) is 30.3 Å². The van der Waals surface area contributed by atoms with Gasteiger partial charge in [0.15, 0.2) is 16.4 Å². The van der Waals surface area contributed by atoms with Crippen molar-refractivity contribution in [3.8, 4) is 5.75 Å². The number of hydrogen-bond donors (Lipinski definition) is 1. The summed E-state index contributed by atoms with van der Waals surface area (Å²) < 4.78 is 29.4. The summed E-state index contributed by atoms with van der Waals surface area (Å²) in [5, 5.41) is 0.319. The van der Waals surface area contributed by atoms with Crippen LogP contribution in [0.1, 0.15) is 22.3 Å². The van der Waals surface area contributed by atoms with E-state index in [2.05, 4.69) is 0 Å². The maximum Gasteiger partial charge on any atom is 0.261 e. The smallest absolute Gasteiger partial charge is 0.261 e. The SMILES string of the molecule is NC(=O)c1cc(Cl)ccc1OCC(=O)N(Cc1ccccc1)C1CCS(=O)(=O)C1. The Hall–Kier alpha value is -2.58. The third kappa shape index (κ3) is 5.48. The van der Waals surface area contributed by atoms with E-state index in [0.717, 1.165) is 5.56 Å². The Morgan fingerprint density at radius 3 is 2.52 bits per heavy atom. The molecule has 29 heavy (non-hydrogen) atoms. The first-order valence-electron chi connectivity index (χ1n) is 9.01. The van der Waals surface area contributed by atoms with Crippen LogP contribution in [0.25, 0.3) is 0 Å². The average Bonchev–Trinajstić information content (AvgIpc) is 3.05. The van der Waals surface area contributed by atoms with E-state index in [-0.39, 0.29) is 41.9 Å². The summed E-state index contributed by atoms with van der Waals surface area (Å²) >= 11 is 5.88. The number of amides is 2. The van der Waals surface area contributed by atoms with Crippen molar-refractivity contribution >= 4 is 33.3 Å². The van der Waals surface area contributed by atoms with Crippen LogP contribution in [0.15, 0.2) is 48.5 Å². The molecule has 1 aliphatic heterocycles. The van der Waals surface area contributed by atoms with Crippen molar-refractivity contribution in [1.29, 1.82) is 0 Å². The molecule has 1 unspecified atom stereocenters. The highest BCUT2D eigenvalue weighted by molar-refractivity contribution is 7.91. The lowest BCUT2D eigenvalue weighted by Crippen LogP contribution is -2.43. The molecule has 7 nitrogen and oxygen atoms in total. The molecule has 0 saturated carbocycles. The van der Waals surface area contributed by atoms with Crippen molar-refractivity contribution in [3.63, 3.8) is 0 Å². The molecule has 0 aromatic heterocycles. The minimum Gasteiger partial charge on any atom is -0.483 e. The van der Waals surface area contributed by atoms with Crippen molar-refractivity contribution < 1.29 is 22.7 Å². The molecule has 3 rings (SSSR count). The van der Waals surface area contributed by atoms with Gasteiger partial charge < -0.3 is 15.4 Å². The van der Waals surface area contributed by atoms with Crippen LogP contribution in [-0.2, 0) is 21.2 Å². The van der Waals surface area contributed by atoms with E-state index in [9.17, 15) is 18.0 Å². The van der Waals surface area contributed by atoms with Crippen LogP contribution in [0.2, 0.25) is 5.02 Å². The fourth-order valence-electron chi connectivity index (χ4n) is 3.27. The number of nitrogens with two attached hydrogens (primary N) is 1. The molecule has 2 aromatic rings. The zero-order valence-electron chi connectivity index (χ0n) is 15.6. The number of ether oxygens (including phenoxy) is 1. The first-order valence-corrected chi connectivity index (χ1v) is 11.2. The summed E-state index contributed by atoms with van der Waals surface area (Å²) in [4.78, 5) is 26.1. The molecule has 2 amide bonds. The maximum absolute atomic E-state index is 12.9. The third-order valence-corrected chi connectivity index (χ3v) is 6.71. The molecule has 1 aliphatic rings. The van der Waals surface area contributed by atoms with Gasteiger partial charge in [-0.1, -0.05) is 41.9 Å². The zero-order valence-corrected chi connectivity index (χ0v) is 17.2. The Kier molecular flexibility index (Phi) is 6.44. The minimum absolute atomic E-state index is 0.0557. The molecular weight excluding hydrogens is 416 g/mol. The standard InChI is InChI=1S/C20H21ClN2O5S/c21-15-6-7-18(17(10-15)20(22)25)28-12-19(24)23(11-14-4-2-1-3-5-14)16-8-9-29(26,27)13-16/h1-7,10,16H,8-9,11-13H2,(H2,22,25). The topological polar surface area (TPSA) is 107 Å². The van der Waals surface area contributed by atoms with Crippen LogP contribution in [0.4, 0.5) is 0 Å². The van der Waals surface area contributed by atoms with Gasteiger partial charge in [-0.3, -0.25) is 9.59 Å². The number of nitrogens with zero attached hydrogens (tertiary/aromatic N) is 1. The summed E-state index contributed by atoms with van der Waals surface area (Å²) in [7, 11) is -3.17. The molecule has 2 aromatic carbocycles. The van der Waals surface area contributed by atoms with Gasteiger partial charge in [0.25, 0.3) is 11.8 Å². The van der Waals surface area contributed by atoms with E-state index in [1.165, 1.54) is 23.1 Å². The zero-order chi connectivity index (χ0) is 21.0. The van der Waals surface area contributed by atoms with Gasteiger partial charge in [-0.05, 0) is 30.2 Å². The van der Waals surface area contributed by atoms with Crippen molar-refractivity contribution in [2.24, 2.45) is 5.73 Å². The van der Waals surface area contributed by atoms with E-state index < -0.39 is 21.8 Å². The number of benzene rings is 2. The largest absolute Gasteiger partial charge is 0.483 e. The lowest BCUT2D eigenvalue weighted by Gasteiger charge is -2.28. The second-order valence-corrected chi connectivity index (χ2v) is 9.52. The van der Waals surface area contributed by atoms with Gasteiger partial charge in [0.05, 0.1) is 17.1 Å². The highest BCUT2D eigenvalue weighted by Gasteiger charge is 2.34. The maximum atomic E-state index is 12.9. The fraction of sp³-hybridized carbons (Fsp3) is 0.300. The highest BCUT2D eigenvalue weighted by atomic mass is 35.5. The summed E-state index contributed by atoms with van der Waals surface area (Å²) in [6.07, 6.45) is 0.383. The number of sulfone groups is 1. The first-order chi connectivity index (χ1) is 13.7. The van der Waals surface area contributed by atoms with Crippen LogP contribution < -0.4 is 10.5 Å². The molecule has 0 spiro atoms. The molecule has 0 bridgehead atoms. The molecule has 154 valence electrons. The van der Waals surface area contributed by atoms with Gasteiger partial charge >= 0.3 is 0 Å². The molecule has 9 heteroatoms. The lowest BCUT2D eigenvalue weighted by atomic mass is 10.1. The number of halogens is 1. The van der Waals surface area contributed by atoms with E-state index >= 15 is 0 Å². The molecule has 0 aliphatic carbocycles. The van der Waals surface area contributed by atoms with Gasteiger partial charge in [-0.15, -0.1) is 0 Å². The third-order valence-electron chi connectivity index (χ3n) is 4.72. The lowest BCUT2D eigenvalue weighted by molar-refractivity contribution is -0.136. The number of carbonyl (C=O) groups is 2. The Morgan fingerprint density at radius 2 is 1.90 bits per heavy atom. The Labute approximate surface area is 174 Å². The number of hydrogen-bond acceptors (Lipinski definition) is 5. The summed E-state index contributed by atoms with van der Waals surface area (Å²) in [5.41, 5.74) is 6.30. The summed E-state index contributed by atoms with van der Waals surface area (Å²) in [5.74, 6) is -0.965. The highest BCUT2D eigenvalue weighted by Crippen LogP contribution is 2.24. The van der Waals surface area contributed by atoms with Gasteiger partial charge in [0.1, 0.15) is 5.75 Å². The fourth-order valence-corrected chi connectivity index (χ4v) is 5.17. The Morgan fingerprint density at radius 1 is 1.17 bits per heavy atom. The number of carbonyl (C=O) groups excluding carboxylic acids is 2. The van der Waals surface area contributed by atoms with Crippen molar-refractivity contribution in [2.75, 3.05) is 18.1 Å². The van der Waals surface area contributed by atoms with E-state index in [4.69, 9.17) is 22.1 Å². The second kappa shape index (κ2) is 8.84. The van der Waals surface area contributed by atoms with Crippen molar-refractivity contribution in [2.45, 2.75) is 19.0 Å². The van der Waals surface area contributed by atoms with Crippen LogP contribution >= 0.6 is 11.6 Å². The first kappa shape index (κ1) is 21.1. The summed E-state index contributed by atoms with van der Waals surface area (Å²) in [6, 6.07) is 13.3. The second-order valence-electron chi connectivity index (χ2n) is 6.86. The predicted molar refractivity (Wildman–Crippen MR) is 110 cm³/mol. The quantitative estimate of drug-likeness (QED) is 0.714. The minimum atomic E-state index is -3.17. The summed E-state index contributed by atoms with van der Waals surface area (Å²) in [6.45, 7) is -0.0855. The molecule has 0 radical (unpaired) electrons. The Balaban J connectivity index is 1.77. The van der Waals surface area contributed by atoms with Crippen molar-refractivity contribution in [3.05, 3.63) is 64.7 Å². The van der Waals surface area contributed by atoms with Crippen molar-refractivity contribution in [1.82, 2.24) is 4.90 Å². The van der Waals surface area contributed by atoms with Crippen LogP contribution in [0.5, 0.6) is 5.75 Å². The van der Waals surface area contributed by atoms with Gasteiger partial charge in [-0.2, -0.15) is 0 Å².